The van der Waals surface area contributed by atoms with Crippen LogP contribution in [0.3, 0.4) is 0 Å². The van der Waals surface area contributed by atoms with Gasteiger partial charge in [-0.1, -0.05) is 41.4 Å². The van der Waals surface area contributed by atoms with Gasteiger partial charge >= 0.3 is 5.97 Å². The number of hydrogen-bond acceptors (Lipinski definition) is 4. The molecule has 0 aliphatic rings. The minimum Gasteiger partial charge on any atom is -0.497 e. The molecule has 0 heterocycles. The van der Waals surface area contributed by atoms with Crippen LogP contribution in [0.2, 0.25) is 10.0 Å². The van der Waals surface area contributed by atoms with Gasteiger partial charge in [-0.15, -0.1) is 0 Å². The van der Waals surface area contributed by atoms with E-state index in [9.17, 15) is 10.1 Å². The molecule has 0 unspecified atom stereocenters. The second kappa shape index (κ2) is 8.75. The van der Waals surface area contributed by atoms with Crippen molar-refractivity contribution in [3.63, 3.8) is 0 Å². The Bertz CT molecular complexity index is 801. The van der Waals surface area contributed by atoms with Gasteiger partial charge in [-0.2, -0.15) is 5.26 Å². The van der Waals surface area contributed by atoms with Crippen LogP contribution < -0.4 is 4.74 Å². The summed E-state index contributed by atoms with van der Waals surface area (Å²) in [5.41, 5.74) is 1.44. The summed E-state index contributed by atoms with van der Waals surface area (Å²) in [4.78, 5) is 12.3. The fourth-order valence-corrected chi connectivity index (χ4v) is 2.92. The first-order chi connectivity index (χ1) is 12.0. The summed E-state index contributed by atoms with van der Waals surface area (Å²) in [6.07, 6.45) is 0. The molecule has 130 valence electrons. The summed E-state index contributed by atoms with van der Waals surface area (Å²) in [5, 5.41) is 10.4. The molecule has 0 N–H and O–H groups in total. The largest absolute Gasteiger partial charge is 0.497 e. The van der Waals surface area contributed by atoms with Crippen LogP contribution in [0, 0.1) is 17.2 Å². The van der Waals surface area contributed by atoms with Crippen LogP contribution in [0.1, 0.15) is 24.0 Å². The van der Waals surface area contributed by atoms with E-state index in [-0.39, 0.29) is 6.61 Å². The Hall–Kier alpha value is -2.22. The van der Waals surface area contributed by atoms with Crippen molar-refractivity contribution >= 4 is 29.2 Å². The van der Waals surface area contributed by atoms with E-state index in [1.165, 1.54) is 0 Å². The summed E-state index contributed by atoms with van der Waals surface area (Å²) >= 11 is 12.1. The predicted octanol–water partition coefficient (Wildman–Crippen LogP) is 4.84. The van der Waals surface area contributed by atoms with Crippen molar-refractivity contribution in [2.45, 2.75) is 12.8 Å². The number of esters is 1. The van der Waals surface area contributed by atoms with Crippen molar-refractivity contribution in [2.24, 2.45) is 5.92 Å². The third kappa shape index (κ3) is 4.45. The molecule has 0 amide bonds. The first-order valence-electron chi connectivity index (χ1n) is 7.67. The zero-order valence-corrected chi connectivity index (χ0v) is 15.3. The van der Waals surface area contributed by atoms with E-state index < -0.39 is 17.8 Å². The Kier molecular flexibility index (Phi) is 6.69. The molecule has 0 saturated heterocycles. The van der Waals surface area contributed by atoms with Crippen molar-refractivity contribution < 1.29 is 14.3 Å². The molecule has 0 aromatic heterocycles. The number of nitriles is 1. The Morgan fingerprint density at radius 2 is 1.88 bits per heavy atom. The third-order valence-corrected chi connectivity index (χ3v) is 4.51. The van der Waals surface area contributed by atoms with Gasteiger partial charge in [0.15, 0.2) is 5.92 Å². The fraction of sp³-hybridized carbons (Fsp3) is 0.263. The fourth-order valence-electron chi connectivity index (χ4n) is 2.61. The number of benzene rings is 2. The SMILES string of the molecule is CCOC(=O)[C@@H](C#N)[C@H](c1cccc(OC)c1)c1ccc(Cl)c(Cl)c1. The number of nitrogens with zero attached hydrogens (tertiary/aromatic N) is 1. The lowest BCUT2D eigenvalue weighted by molar-refractivity contribution is -0.146. The molecule has 2 rings (SSSR count). The molecular formula is C19H17Cl2NO3. The van der Waals surface area contributed by atoms with Crippen molar-refractivity contribution in [3.8, 4) is 11.8 Å². The van der Waals surface area contributed by atoms with Gasteiger partial charge in [0.05, 0.1) is 29.8 Å². The van der Waals surface area contributed by atoms with Crippen LogP contribution in [-0.2, 0) is 9.53 Å². The van der Waals surface area contributed by atoms with Crippen LogP contribution in [0.4, 0.5) is 0 Å². The van der Waals surface area contributed by atoms with Gasteiger partial charge in [0.25, 0.3) is 0 Å². The maximum atomic E-state index is 12.3. The summed E-state index contributed by atoms with van der Waals surface area (Å²) in [7, 11) is 1.56. The molecule has 0 aliphatic carbocycles. The van der Waals surface area contributed by atoms with Gasteiger partial charge in [-0.25, -0.2) is 0 Å². The maximum absolute atomic E-state index is 12.3. The quantitative estimate of drug-likeness (QED) is 0.675. The Morgan fingerprint density at radius 1 is 1.16 bits per heavy atom. The molecule has 6 heteroatoms. The van der Waals surface area contributed by atoms with Crippen molar-refractivity contribution in [3.05, 3.63) is 63.6 Å². The van der Waals surface area contributed by atoms with Gasteiger partial charge in [0.2, 0.25) is 0 Å². The van der Waals surface area contributed by atoms with Crippen LogP contribution in [-0.4, -0.2) is 19.7 Å². The van der Waals surface area contributed by atoms with Gasteiger partial charge in [0, 0.05) is 5.92 Å². The molecule has 0 fully saturated rings. The Labute approximate surface area is 156 Å². The lowest BCUT2D eigenvalue weighted by Gasteiger charge is -2.22. The maximum Gasteiger partial charge on any atom is 0.324 e. The van der Waals surface area contributed by atoms with Crippen molar-refractivity contribution in [1.82, 2.24) is 0 Å². The van der Waals surface area contributed by atoms with Gasteiger partial charge in [0.1, 0.15) is 5.75 Å². The summed E-state index contributed by atoms with van der Waals surface area (Å²) in [6.45, 7) is 1.90. The lowest BCUT2D eigenvalue weighted by atomic mass is 9.81. The first-order valence-corrected chi connectivity index (χ1v) is 8.42. The molecule has 0 aliphatic heterocycles. The van der Waals surface area contributed by atoms with Crippen molar-refractivity contribution in [1.29, 1.82) is 5.26 Å². The number of hydrogen-bond donors (Lipinski definition) is 0. The van der Waals surface area contributed by atoms with E-state index in [1.807, 2.05) is 6.07 Å². The average Bonchev–Trinajstić information content (AvgIpc) is 2.62. The molecule has 2 atom stereocenters. The number of ether oxygens (including phenoxy) is 2. The van der Waals surface area contributed by atoms with Crippen LogP contribution in [0.5, 0.6) is 5.75 Å². The zero-order chi connectivity index (χ0) is 18.4. The highest BCUT2D eigenvalue weighted by atomic mass is 35.5. The minimum absolute atomic E-state index is 0.198. The van der Waals surface area contributed by atoms with Gasteiger partial charge < -0.3 is 9.47 Å². The summed E-state index contributed by atoms with van der Waals surface area (Å²) in [5.74, 6) is -1.54. The third-order valence-electron chi connectivity index (χ3n) is 3.77. The molecule has 0 bridgehead atoms. The van der Waals surface area contributed by atoms with E-state index in [0.29, 0.717) is 21.4 Å². The second-order valence-corrected chi connectivity index (χ2v) is 6.10. The van der Waals surface area contributed by atoms with Crippen molar-refractivity contribution in [2.75, 3.05) is 13.7 Å². The number of carbonyl (C=O) groups is 1. The highest BCUT2D eigenvalue weighted by molar-refractivity contribution is 6.42. The van der Waals surface area contributed by atoms with E-state index >= 15 is 0 Å². The van der Waals surface area contributed by atoms with E-state index in [4.69, 9.17) is 32.7 Å². The molecular weight excluding hydrogens is 361 g/mol. The van der Waals surface area contributed by atoms with Crippen LogP contribution >= 0.6 is 23.2 Å². The number of carbonyl (C=O) groups excluding carboxylic acids is 1. The van der Waals surface area contributed by atoms with Crippen LogP contribution in [0.15, 0.2) is 42.5 Å². The van der Waals surface area contributed by atoms with Gasteiger partial charge in [-0.3, -0.25) is 4.79 Å². The van der Waals surface area contributed by atoms with Gasteiger partial charge in [-0.05, 0) is 42.3 Å². The normalized spacial score (nSPS) is 12.8. The monoisotopic (exact) mass is 377 g/mol. The second-order valence-electron chi connectivity index (χ2n) is 5.29. The molecule has 0 spiro atoms. The molecule has 25 heavy (non-hydrogen) atoms. The van der Waals surface area contributed by atoms with E-state index in [0.717, 1.165) is 5.56 Å². The summed E-state index contributed by atoms with van der Waals surface area (Å²) in [6, 6.07) is 14.3. The standard InChI is InChI=1S/C19H17Cl2NO3/c1-3-25-19(23)15(11-22)18(12-5-4-6-14(9-12)24-2)13-7-8-16(20)17(21)10-13/h4-10,15,18H,3H2,1-2H3/t15-,18+/m0/s1. The number of rotatable bonds is 6. The molecule has 4 nitrogen and oxygen atoms in total. The lowest BCUT2D eigenvalue weighted by Crippen LogP contribution is -2.24. The molecule has 0 radical (unpaired) electrons. The molecule has 2 aromatic carbocycles. The average molecular weight is 378 g/mol. The van der Waals surface area contributed by atoms with Crippen LogP contribution in [0.25, 0.3) is 0 Å². The van der Waals surface area contributed by atoms with E-state index in [2.05, 4.69) is 6.07 Å². The Morgan fingerprint density at radius 3 is 2.48 bits per heavy atom. The highest BCUT2D eigenvalue weighted by Crippen LogP contribution is 2.37. The smallest absolute Gasteiger partial charge is 0.324 e. The molecule has 0 saturated carbocycles. The highest BCUT2D eigenvalue weighted by Gasteiger charge is 2.33. The summed E-state index contributed by atoms with van der Waals surface area (Å²) < 4.78 is 10.3. The molecule has 2 aromatic rings. The Balaban J connectivity index is 2.59. The topological polar surface area (TPSA) is 59.3 Å². The zero-order valence-electron chi connectivity index (χ0n) is 13.8. The predicted molar refractivity (Wildman–Crippen MR) is 97.0 cm³/mol. The number of halogens is 2. The minimum atomic E-state index is -1.02. The first kappa shape index (κ1) is 19.1. The van der Waals surface area contributed by atoms with E-state index in [1.54, 1.807) is 50.4 Å². The number of methoxy groups -OCH3 is 1.